The van der Waals surface area contributed by atoms with Crippen molar-refractivity contribution in [2.75, 3.05) is 20.7 Å². The second kappa shape index (κ2) is 9.60. The molecule has 0 aliphatic rings. The maximum atomic E-state index is 5.26. The molecule has 2 aromatic rings. The van der Waals surface area contributed by atoms with Crippen LogP contribution in [0.5, 0.6) is 5.75 Å². The average molecular weight is 325 g/mol. The van der Waals surface area contributed by atoms with Gasteiger partial charge in [0.05, 0.1) is 7.11 Å². The number of benzene rings is 2. The molecule has 0 saturated carbocycles. The van der Waals surface area contributed by atoms with E-state index in [1.165, 1.54) is 16.7 Å². The second-order valence-electron chi connectivity index (χ2n) is 5.73. The quantitative estimate of drug-likeness (QED) is 0.466. The number of hydrogen-bond donors (Lipinski definition) is 2. The molecule has 0 aromatic heterocycles. The number of ether oxygens (including phenoxy) is 1. The first-order valence-electron chi connectivity index (χ1n) is 8.35. The number of guanidine groups is 1. The number of methoxy groups -OCH3 is 1. The maximum absolute atomic E-state index is 5.26. The molecule has 128 valence electrons. The fourth-order valence-corrected chi connectivity index (χ4v) is 2.54. The number of nitrogens with zero attached hydrogens (tertiary/aromatic N) is 1. The third kappa shape index (κ3) is 5.61. The highest BCUT2D eigenvalue weighted by Gasteiger charge is 2.01. The Morgan fingerprint density at radius 2 is 1.92 bits per heavy atom. The zero-order valence-electron chi connectivity index (χ0n) is 14.8. The molecule has 0 bridgehead atoms. The lowest BCUT2D eigenvalue weighted by molar-refractivity contribution is 0.414. The molecule has 0 unspecified atom stereocenters. The van der Waals surface area contributed by atoms with E-state index in [2.05, 4.69) is 58.9 Å². The van der Waals surface area contributed by atoms with Crippen molar-refractivity contribution in [1.82, 2.24) is 10.6 Å². The molecule has 0 aliphatic carbocycles. The van der Waals surface area contributed by atoms with E-state index >= 15 is 0 Å². The predicted molar refractivity (Wildman–Crippen MR) is 101 cm³/mol. The van der Waals surface area contributed by atoms with E-state index in [0.29, 0.717) is 0 Å². The van der Waals surface area contributed by atoms with Crippen molar-refractivity contribution in [2.24, 2.45) is 4.99 Å². The van der Waals surface area contributed by atoms with Gasteiger partial charge in [-0.05, 0) is 48.6 Å². The molecule has 24 heavy (non-hydrogen) atoms. The summed E-state index contributed by atoms with van der Waals surface area (Å²) in [7, 11) is 3.50. The summed E-state index contributed by atoms with van der Waals surface area (Å²) in [5.41, 5.74) is 3.87. The zero-order valence-corrected chi connectivity index (χ0v) is 14.8. The van der Waals surface area contributed by atoms with E-state index < -0.39 is 0 Å². The Bertz CT molecular complexity index is 667. The van der Waals surface area contributed by atoms with Crippen molar-refractivity contribution in [3.63, 3.8) is 0 Å². The first-order valence-corrected chi connectivity index (χ1v) is 8.35. The zero-order chi connectivity index (χ0) is 17.2. The summed E-state index contributed by atoms with van der Waals surface area (Å²) < 4.78 is 5.26. The van der Waals surface area contributed by atoms with Crippen LogP contribution in [0.1, 0.15) is 23.1 Å². The Morgan fingerprint density at radius 1 is 1.08 bits per heavy atom. The number of hydrogen-bond acceptors (Lipinski definition) is 2. The van der Waals surface area contributed by atoms with Gasteiger partial charge >= 0.3 is 0 Å². The smallest absolute Gasteiger partial charge is 0.191 e. The standard InChI is InChI=1S/C20H27N3O/c1-16-8-4-5-11-18(16)15-23-20(21-2)22-13-7-10-17-9-6-12-19(14-17)24-3/h4-6,8-9,11-12,14H,7,10,13,15H2,1-3H3,(H2,21,22,23). The van der Waals surface area contributed by atoms with Crippen LogP contribution >= 0.6 is 0 Å². The third-order valence-corrected chi connectivity index (χ3v) is 4.00. The topological polar surface area (TPSA) is 45.7 Å². The van der Waals surface area contributed by atoms with Gasteiger partial charge in [0.15, 0.2) is 5.96 Å². The van der Waals surface area contributed by atoms with Gasteiger partial charge in [-0.3, -0.25) is 4.99 Å². The van der Waals surface area contributed by atoms with Crippen LogP contribution in [0.3, 0.4) is 0 Å². The van der Waals surface area contributed by atoms with Crippen LogP contribution < -0.4 is 15.4 Å². The van der Waals surface area contributed by atoms with Gasteiger partial charge in [-0.25, -0.2) is 0 Å². The van der Waals surface area contributed by atoms with E-state index in [9.17, 15) is 0 Å². The van der Waals surface area contributed by atoms with Gasteiger partial charge in [0.1, 0.15) is 5.75 Å². The Hall–Kier alpha value is -2.49. The van der Waals surface area contributed by atoms with Crippen LogP contribution in [0.25, 0.3) is 0 Å². The van der Waals surface area contributed by atoms with Crippen molar-refractivity contribution in [2.45, 2.75) is 26.3 Å². The Morgan fingerprint density at radius 3 is 2.67 bits per heavy atom. The summed E-state index contributed by atoms with van der Waals surface area (Å²) in [6, 6.07) is 16.6. The molecule has 0 fully saturated rings. The molecule has 4 heteroatoms. The molecular formula is C20H27N3O. The predicted octanol–water partition coefficient (Wildman–Crippen LogP) is 3.30. The lowest BCUT2D eigenvalue weighted by Crippen LogP contribution is -2.37. The molecule has 2 N–H and O–H groups in total. The van der Waals surface area contributed by atoms with E-state index in [-0.39, 0.29) is 0 Å². The van der Waals surface area contributed by atoms with Gasteiger partial charge in [-0.1, -0.05) is 36.4 Å². The van der Waals surface area contributed by atoms with Crippen LogP contribution in [0.2, 0.25) is 0 Å². The van der Waals surface area contributed by atoms with Crippen LogP contribution in [0, 0.1) is 6.92 Å². The van der Waals surface area contributed by atoms with Crippen molar-refractivity contribution < 1.29 is 4.74 Å². The van der Waals surface area contributed by atoms with E-state index in [0.717, 1.165) is 37.6 Å². The highest BCUT2D eigenvalue weighted by Crippen LogP contribution is 2.13. The molecule has 0 spiro atoms. The lowest BCUT2D eigenvalue weighted by Gasteiger charge is -2.13. The Balaban J connectivity index is 1.73. The molecule has 0 heterocycles. The average Bonchev–Trinajstić information content (AvgIpc) is 2.62. The van der Waals surface area contributed by atoms with E-state index in [1.807, 2.05) is 12.1 Å². The normalized spacial score (nSPS) is 11.2. The monoisotopic (exact) mass is 325 g/mol. The van der Waals surface area contributed by atoms with Crippen LogP contribution in [0.4, 0.5) is 0 Å². The highest BCUT2D eigenvalue weighted by atomic mass is 16.5. The highest BCUT2D eigenvalue weighted by molar-refractivity contribution is 5.79. The minimum absolute atomic E-state index is 0.780. The second-order valence-corrected chi connectivity index (χ2v) is 5.73. The third-order valence-electron chi connectivity index (χ3n) is 4.00. The van der Waals surface area contributed by atoms with Crippen molar-refractivity contribution in [1.29, 1.82) is 0 Å². The summed E-state index contributed by atoms with van der Waals surface area (Å²) in [6.07, 6.45) is 2.05. The van der Waals surface area contributed by atoms with Gasteiger partial charge in [-0.15, -0.1) is 0 Å². The summed E-state index contributed by atoms with van der Waals surface area (Å²) in [5, 5.41) is 6.73. The molecule has 0 atom stereocenters. The van der Waals surface area contributed by atoms with Crippen molar-refractivity contribution in [3.8, 4) is 5.75 Å². The van der Waals surface area contributed by atoms with Crippen LogP contribution in [0.15, 0.2) is 53.5 Å². The molecule has 0 aliphatic heterocycles. The number of rotatable bonds is 7. The molecule has 0 amide bonds. The summed E-state index contributed by atoms with van der Waals surface area (Å²) in [6.45, 7) is 3.79. The number of aliphatic imine (C=N–C) groups is 1. The minimum Gasteiger partial charge on any atom is -0.497 e. The van der Waals surface area contributed by atoms with Crippen LogP contribution in [-0.2, 0) is 13.0 Å². The minimum atomic E-state index is 0.780. The molecule has 4 nitrogen and oxygen atoms in total. The fourth-order valence-electron chi connectivity index (χ4n) is 2.54. The number of aryl methyl sites for hydroxylation is 2. The summed E-state index contributed by atoms with van der Waals surface area (Å²) in [5.74, 6) is 1.75. The summed E-state index contributed by atoms with van der Waals surface area (Å²) in [4.78, 5) is 4.28. The Labute approximate surface area is 145 Å². The molecule has 0 radical (unpaired) electrons. The van der Waals surface area contributed by atoms with E-state index in [4.69, 9.17) is 4.74 Å². The number of nitrogens with one attached hydrogen (secondary N) is 2. The summed E-state index contributed by atoms with van der Waals surface area (Å²) >= 11 is 0. The first kappa shape index (κ1) is 17.9. The first-order chi connectivity index (χ1) is 11.7. The van der Waals surface area contributed by atoms with Gasteiger partial charge in [0.25, 0.3) is 0 Å². The maximum Gasteiger partial charge on any atom is 0.191 e. The fraction of sp³-hybridized carbons (Fsp3) is 0.350. The largest absolute Gasteiger partial charge is 0.497 e. The van der Waals surface area contributed by atoms with Crippen molar-refractivity contribution in [3.05, 3.63) is 65.2 Å². The molecule has 0 saturated heterocycles. The van der Waals surface area contributed by atoms with Gasteiger partial charge in [-0.2, -0.15) is 0 Å². The Kier molecular flexibility index (Phi) is 7.15. The van der Waals surface area contributed by atoms with Gasteiger partial charge in [0.2, 0.25) is 0 Å². The molecular weight excluding hydrogens is 298 g/mol. The SMILES string of the molecule is CN=C(NCCCc1cccc(OC)c1)NCc1ccccc1C. The lowest BCUT2D eigenvalue weighted by atomic mass is 10.1. The van der Waals surface area contributed by atoms with E-state index in [1.54, 1.807) is 14.2 Å². The molecule has 2 rings (SSSR count). The van der Waals surface area contributed by atoms with Gasteiger partial charge in [0, 0.05) is 20.1 Å². The van der Waals surface area contributed by atoms with Crippen molar-refractivity contribution >= 4 is 5.96 Å². The van der Waals surface area contributed by atoms with Crippen LogP contribution in [-0.4, -0.2) is 26.7 Å². The molecule has 2 aromatic carbocycles. The van der Waals surface area contributed by atoms with Gasteiger partial charge < -0.3 is 15.4 Å².